The number of nitrogens with zero attached hydrogens (tertiary/aromatic N) is 3. The van der Waals surface area contributed by atoms with Crippen LogP contribution in [0, 0.1) is 17.2 Å². The first kappa shape index (κ1) is 14.7. The van der Waals surface area contributed by atoms with Crippen LogP contribution in [0.5, 0.6) is 0 Å². The van der Waals surface area contributed by atoms with E-state index >= 15 is 0 Å². The van der Waals surface area contributed by atoms with Gasteiger partial charge in [0.2, 0.25) is 5.91 Å². The van der Waals surface area contributed by atoms with Gasteiger partial charge in [0.1, 0.15) is 12.0 Å². The third-order valence-corrected chi connectivity index (χ3v) is 3.66. The number of nitrogens with one attached hydrogen (secondary N) is 1. The second-order valence-corrected chi connectivity index (χ2v) is 4.97. The zero-order chi connectivity index (χ0) is 16.6. The van der Waals surface area contributed by atoms with Gasteiger partial charge in [-0.3, -0.25) is 15.0 Å². The molecular formula is C15H12N4O4. The third kappa shape index (κ3) is 2.23. The lowest BCUT2D eigenvalue weighted by atomic mass is 9.99. The van der Waals surface area contributed by atoms with Gasteiger partial charge >= 0.3 is 5.97 Å². The molecule has 1 fully saturated rings. The van der Waals surface area contributed by atoms with Gasteiger partial charge < -0.3 is 4.74 Å². The second-order valence-electron chi connectivity index (χ2n) is 4.97. The molecule has 2 aliphatic rings. The van der Waals surface area contributed by atoms with E-state index in [-0.39, 0.29) is 12.3 Å². The van der Waals surface area contributed by atoms with Crippen LogP contribution >= 0.6 is 0 Å². The maximum absolute atomic E-state index is 12.6. The average Bonchev–Trinajstić information content (AvgIpc) is 3.09. The Morgan fingerprint density at radius 3 is 2.65 bits per heavy atom. The molecule has 1 N–H and O–H groups in total. The van der Waals surface area contributed by atoms with E-state index in [0.29, 0.717) is 11.3 Å². The minimum atomic E-state index is -0.989. The molecule has 2 aliphatic heterocycles. The minimum Gasteiger partial charge on any atom is -0.461 e. The summed E-state index contributed by atoms with van der Waals surface area (Å²) >= 11 is 0. The zero-order valence-electron chi connectivity index (χ0n) is 12.1. The highest BCUT2D eigenvalue weighted by molar-refractivity contribution is 6.46. The summed E-state index contributed by atoms with van der Waals surface area (Å²) in [6.07, 6.45) is 0. The van der Waals surface area contributed by atoms with E-state index in [2.05, 4.69) is 10.5 Å². The molecule has 23 heavy (non-hydrogen) atoms. The van der Waals surface area contributed by atoms with Crippen molar-refractivity contribution in [2.24, 2.45) is 11.0 Å². The molecule has 116 valence electrons. The fraction of sp³-hybridized carbons (Fsp3) is 0.267. The highest BCUT2D eigenvalue weighted by Crippen LogP contribution is 2.30. The van der Waals surface area contributed by atoms with Crippen molar-refractivity contribution in [1.82, 2.24) is 5.43 Å². The van der Waals surface area contributed by atoms with Gasteiger partial charge in [0.05, 0.1) is 23.9 Å². The van der Waals surface area contributed by atoms with Crippen molar-refractivity contribution in [3.8, 4) is 6.07 Å². The summed E-state index contributed by atoms with van der Waals surface area (Å²) in [6, 6.07) is 7.10. The Labute approximate surface area is 131 Å². The molecule has 2 atom stereocenters. The molecule has 0 aromatic heterocycles. The quantitative estimate of drug-likeness (QED) is 0.618. The largest absolute Gasteiger partial charge is 0.461 e. The number of carbonyl (C=O) groups is 3. The van der Waals surface area contributed by atoms with E-state index in [1.54, 1.807) is 6.92 Å². The van der Waals surface area contributed by atoms with Gasteiger partial charge in [0, 0.05) is 0 Å². The van der Waals surface area contributed by atoms with E-state index in [4.69, 9.17) is 10.00 Å². The number of hydrogen-bond acceptors (Lipinski definition) is 7. The van der Waals surface area contributed by atoms with Gasteiger partial charge in [-0.25, -0.2) is 9.69 Å². The Hall–Kier alpha value is -3.21. The lowest BCUT2D eigenvalue weighted by Crippen LogP contribution is -2.36. The maximum Gasteiger partial charge on any atom is 0.355 e. The zero-order valence-corrected chi connectivity index (χ0v) is 12.1. The van der Waals surface area contributed by atoms with Crippen molar-refractivity contribution in [1.29, 1.82) is 5.26 Å². The molecule has 8 nitrogen and oxygen atoms in total. The van der Waals surface area contributed by atoms with Crippen LogP contribution in [0.15, 0.2) is 29.4 Å². The van der Waals surface area contributed by atoms with Crippen molar-refractivity contribution in [3.63, 3.8) is 0 Å². The van der Waals surface area contributed by atoms with Gasteiger partial charge in [0.25, 0.3) is 5.91 Å². The number of carbonyl (C=O) groups excluding carboxylic acids is 3. The highest BCUT2D eigenvalue weighted by Gasteiger charge is 2.55. The van der Waals surface area contributed by atoms with Crippen LogP contribution in [0.4, 0.5) is 5.69 Å². The number of ether oxygens (including phenoxy) is 1. The molecule has 0 saturated carbocycles. The summed E-state index contributed by atoms with van der Waals surface area (Å²) in [5.41, 5.74) is 3.20. The smallest absolute Gasteiger partial charge is 0.355 e. The molecule has 1 saturated heterocycles. The third-order valence-electron chi connectivity index (χ3n) is 3.66. The van der Waals surface area contributed by atoms with Crippen LogP contribution < -0.4 is 10.3 Å². The van der Waals surface area contributed by atoms with Crippen LogP contribution in [-0.2, 0) is 19.1 Å². The summed E-state index contributed by atoms with van der Waals surface area (Å²) in [5, 5.41) is 12.6. The van der Waals surface area contributed by atoms with Gasteiger partial charge in [-0.15, -0.1) is 0 Å². The first-order chi connectivity index (χ1) is 11.1. The summed E-state index contributed by atoms with van der Waals surface area (Å²) < 4.78 is 4.86. The lowest BCUT2D eigenvalue weighted by molar-refractivity contribution is -0.136. The monoisotopic (exact) mass is 312 g/mol. The van der Waals surface area contributed by atoms with Gasteiger partial charge in [-0.05, 0) is 31.2 Å². The van der Waals surface area contributed by atoms with Crippen LogP contribution in [0.1, 0.15) is 12.5 Å². The van der Waals surface area contributed by atoms with Crippen LogP contribution in [-0.4, -0.2) is 36.1 Å². The number of fused-ring (bicyclic) bond motifs is 1. The van der Waals surface area contributed by atoms with E-state index < -0.39 is 29.7 Å². The molecule has 2 amide bonds. The van der Waals surface area contributed by atoms with Gasteiger partial charge in [0.15, 0.2) is 5.71 Å². The van der Waals surface area contributed by atoms with Crippen LogP contribution in [0.2, 0.25) is 0 Å². The molecule has 0 aliphatic carbocycles. The molecule has 0 unspecified atom stereocenters. The molecule has 1 aromatic carbocycles. The molecule has 0 spiro atoms. The van der Waals surface area contributed by atoms with E-state index in [1.165, 1.54) is 24.3 Å². The topological polar surface area (TPSA) is 112 Å². The number of rotatable bonds is 3. The van der Waals surface area contributed by atoms with Gasteiger partial charge in [-0.2, -0.15) is 10.4 Å². The Balaban J connectivity index is 1.90. The second kappa shape index (κ2) is 5.53. The van der Waals surface area contributed by atoms with E-state index in [9.17, 15) is 14.4 Å². The molecule has 0 radical (unpaired) electrons. The number of benzene rings is 1. The molecule has 0 bridgehead atoms. The number of nitriles is 1. The maximum atomic E-state index is 12.6. The predicted octanol–water partition coefficient (Wildman–Crippen LogP) is -0.0614. The Bertz CT molecular complexity index is 763. The Morgan fingerprint density at radius 2 is 2.04 bits per heavy atom. The van der Waals surface area contributed by atoms with Gasteiger partial charge in [-0.1, -0.05) is 0 Å². The first-order valence-electron chi connectivity index (χ1n) is 6.96. The van der Waals surface area contributed by atoms with Crippen molar-refractivity contribution in [3.05, 3.63) is 29.8 Å². The Morgan fingerprint density at radius 1 is 1.35 bits per heavy atom. The summed E-state index contributed by atoms with van der Waals surface area (Å²) in [5.74, 6) is -2.73. The fourth-order valence-corrected chi connectivity index (χ4v) is 2.60. The summed E-state index contributed by atoms with van der Waals surface area (Å²) in [7, 11) is 0. The van der Waals surface area contributed by atoms with E-state index in [0.717, 1.165) is 4.90 Å². The number of hydrogen-bond donors (Lipinski definition) is 1. The average molecular weight is 312 g/mol. The minimum absolute atomic E-state index is 0.0913. The molecular weight excluding hydrogens is 300 g/mol. The van der Waals surface area contributed by atoms with Crippen molar-refractivity contribution >= 4 is 29.2 Å². The SMILES string of the molecule is CCOC(=O)C1=NN[C@@H]2C(=O)N(c3ccc(C#N)cc3)C(=O)[C@H]12. The fourth-order valence-electron chi connectivity index (χ4n) is 2.60. The number of imide groups is 1. The highest BCUT2D eigenvalue weighted by atomic mass is 16.5. The number of hydrazone groups is 1. The summed E-state index contributed by atoms with van der Waals surface area (Å²) in [4.78, 5) is 37.9. The van der Waals surface area contributed by atoms with Crippen molar-refractivity contribution in [2.75, 3.05) is 11.5 Å². The van der Waals surface area contributed by atoms with E-state index in [1.807, 2.05) is 6.07 Å². The van der Waals surface area contributed by atoms with Crippen molar-refractivity contribution in [2.45, 2.75) is 13.0 Å². The predicted molar refractivity (Wildman–Crippen MR) is 78.1 cm³/mol. The molecule has 3 rings (SSSR count). The lowest BCUT2D eigenvalue weighted by Gasteiger charge is -2.15. The standard InChI is InChI=1S/C15H12N4O4/c1-2-23-15(22)12-10-11(17-18-12)14(21)19(13(10)20)9-5-3-8(7-16)4-6-9/h3-6,10-11,17H,2H2,1H3/t10-,11-/m0/s1. The Kier molecular flexibility index (Phi) is 3.54. The summed E-state index contributed by atoms with van der Waals surface area (Å²) in [6.45, 7) is 1.79. The van der Waals surface area contributed by atoms with Crippen LogP contribution in [0.25, 0.3) is 0 Å². The van der Waals surface area contributed by atoms with Crippen LogP contribution in [0.3, 0.4) is 0 Å². The molecule has 2 heterocycles. The normalized spacial score (nSPS) is 22.3. The number of esters is 1. The number of amides is 2. The van der Waals surface area contributed by atoms with Crippen molar-refractivity contribution < 1.29 is 19.1 Å². The first-order valence-corrected chi connectivity index (χ1v) is 6.96. The molecule has 1 aromatic rings. The number of anilines is 1. The molecule has 8 heteroatoms.